The van der Waals surface area contributed by atoms with Crippen LogP contribution in [0.2, 0.25) is 0 Å². The lowest BCUT2D eigenvalue weighted by Gasteiger charge is -2.34. The summed E-state index contributed by atoms with van der Waals surface area (Å²) in [6.07, 6.45) is 2.83. The molecule has 6 heteroatoms. The molecule has 4 rings (SSSR count). The summed E-state index contributed by atoms with van der Waals surface area (Å²) in [5.74, 6) is 1.63. The van der Waals surface area contributed by atoms with Crippen molar-refractivity contribution in [3.05, 3.63) is 58.2 Å². The summed E-state index contributed by atoms with van der Waals surface area (Å²) in [6.45, 7) is 8.10. The smallest absolute Gasteiger partial charge is 0.224 e. The van der Waals surface area contributed by atoms with Crippen molar-refractivity contribution >= 4 is 27.7 Å². The molecular formula is C22H27BrN4O. The Morgan fingerprint density at radius 2 is 1.89 bits per heavy atom. The molecule has 1 saturated heterocycles. The zero-order chi connectivity index (χ0) is 19.5. The van der Waals surface area contributed by atoms with Gasteiger partial charge in [-0.3, -0.25) is 4.79 Å². The molecule has 1 N–H and O–H groups in total. The molecule has 0 bridgehead atoms. The maximum Gasteiger partial charge on any atom is 0.224 e. The van der Waals surface area contributed by atoms with Crippen LogP contribution in [0.3, 0.4) is 0 Å². The van der Waals surface area contributed by atoms with Crippen LogP contribution in [0.5, 0.6) is 0 Å². The minimum Gasteiger partial charge on any atom is -0.354 e. The first kappa shape index (κ1) is 19.4. The first-order chi connectivity index (χ1) is 13.6. The minimum absolute atomic E-state index is 0.100. The van der Waals surface area contributed by atoms with Crippen LogP contribution < -0.4 is 10.2 Å². The fraction of sp³-hybridized carbons (Fsp3) is 0.455. The van der Waals surface area contributed by atoms with Crippen molar-refractivity contribution < 1.29 is 4.79 Å². The second-order valence-electron chi connectivity index (χ2n) is 7.66. The number of aromatic nitrogens is 1. The molecule has 28 heavy (non-hydrogen) atoms. The van der Waals surface area contributed by atoms with Crippen LogP contribution in [0.4, 0.5) is 5.82 Å². The number of rotatable bonds is 6. The number of hydrogen-bond donors (Lipinski definition) is 1. The number of hydrogen-bond acceptors (Lipinski definition) is 4. The number of benzene rings is 1. The number of pyridine rings is 1. The number of likely N-dealkylation sites (N-methyl/N-ethyl adjacent to an activating group) is 1. The van der Waals surface area contributed by atoms with Crippen LogP contribution in [0.15, 0.2) is 47.1 Å². The SMILES string of the molecule is CCN1CCN(c2ccc(CNC(=O)C3CC3c3ccc(Br)cc3)cn2)CC1. The number of carbonyl (C=O) groups excluding carboxylic acids is 1. The van der Waals surface area contributed by atoms with Crippen LogP contribution in [-0.4, -0.2) is 48.5 Å². The third-order valence-corrected chi connectivity index (χ3v) is 6.37. The molecule has 2 aromatic rings. The fourth-order valence-corrected chi connectivity index (χ4v) is 4.15. The summed E-state index contributed by atoms with van der Waals surface area (Å²) in [5.41, 5.74) is 2.29. The van der Waals surface area contributed by atoms with Gasteiger partial charge in [-0.25, -0.2) is 4.98 Å². The van der Waals surface area contributed by atoms with Gasteiger partial charge >= 0.3 is 0 Å². The van der Waals surface area contributed by atoms with Crippen LogP contribution in [0, 0.1) is 5.92 Å². The maximum absolute atomic E-state index is 12.4. The van der Waals surface area contributed by atoms with Crippen molar-refractivity contribution in [2.24, 2.45) is 5.92 Å². The highest BCUT2D eigenvalue weighted by molar-refractivity contribution is 9.10. The molecule has 2 aliphatic rings. The van der Waals surface area contributed by atoms with E-state index in [1.165, 1.54) is 5.56 Å². The van der Waals surface area contributed by atoms with Gasteiger partial charge in [0.05, 0.1) is 0 Å². The molecule has 0 spiro atoms. The van der Waals surface area contributed by atoms with E-state index in [9.17, 15) is 4.79 Å². The summed E-state index contributed by atoms with van der Waals surface area (Å²) in [4.78, 5) is 21.9. The van der Waals surface area contributed by atoms with E-state index in [2.05, 4.69) is 67.2 Å². The number of halogens is 1. The first-order valence-electron chi connectivity index (χ1n) is 10.1. The van der Waals surface area contributed by atoms with Gasteiger partial charge in [-0.15, -0.1) is 0 Å². The van der Waals surface area contributed by atoms with Crippen molar-refractivity contribution in [2.75, 3.05) is 37.6 Å². The Morgan fingerprint density at radius 1 is 1.14 bits per heavy atom. The van der Waals surface area contributed by atoms with Crippen molar-refractivity contribution in [3.63, 3.8) is 0 Å². The Bertz CT molecular complexity index is 800. The highest BCUT2D eigenvalue weighted by atomic mass is 79.9. The second-order valence-corrected chi connectivity index (χ2v) is 8.58. The van der Waals surface area contributed by atoms with Crippen LogP contribution in [0.25, 0.3) is 0 Å². The van der Waals surface area contributed by atoms with Gasteiger partial charge < -0.3 is 15.1 Å². The number of anilines is 1. The van der Waals surface area contributed by atoms with E-state index in [0.717, 1.165) is 55.0 Å². The molecule has 1 aromatic heterocycles. The highest BCUT2D eigenvalue weighted by Crippen LogP contribution is 2.47. The molecule has 1 aliphatic carbocycles. The molecule has 2 heterocycles. The lowest BCUT2D eigenvalue weighted by Crippen LogP contribution is -2.46. The van der Waals surface area contributed by atoms with Crippen molar-refractivity contribution in [2.45, 2.75) is 25.8 Å². The Kier molecular flexibility index (Phi) is 5.97. The molecule has 1 amide bonds. The number of nitrogens with zero attached hydrogens (tertiary/aromatic N) is 3. The molecule has 5 nitrogen and oxygen atoms in total. The maximum atomic E-state index is 12.4. The van der Waals surface area contributed by atoms with Crippen molar-refractivity contribution in [3.8, 4) is 0 Å². The summed E-state index contributed by atoms with van der Waals surface area (Å²) < 4.78 is 1.07. The van der Waals surface area contributed by atoms with E-state index in [0.29, 0.717) is 12.5 Å². The van der Waals surface area contributed by atoms with Gasteiger partial charge in [0.1, 0.15) is 5.82 Å². The zero-order valence-corrected chi connectivity index (χ0v) is 17.9. The molecule has 2 fully saturated rings. The highest BCUT2D eigenvalue weighted by Gasteiger charge is 2.43. The molecule has 1 aromatic carbocycles. The number of nitrogens with one attached hydrogen (secondary N) is 1. The predicted octanol–water partition coefficient (Wildman–Crippen LogP) is 3.41. The van der Waals surface area contributed by atoms with E-state index >= 15 is 0 Å². The third kappa shape index (κ3) is 4.55. The molecular weight excluding hydrogens is 416 g/mol. The quantitative estimate of drug-likeness (QED) is 0.744. The van der Waals surface area contributed by atoms with E-state index in [1.54, 1.807) is 0 Å². The average molecular weight is 443 g/mol. The van der Waals surface area contributed by atoms with Gasteiger partial charge in [0.25, 0.3) is 0 Å². The largest absolute Gasteiger partial charge is 0.354 e. The van der Waals surface area contributed by atoms with E-state index in [-0.39, 0.29) is 11.8 Å². The average Bonchev–Trinajstić information content (AvgIpc) is 3.54. The van der Waals surface area contributed by atoms with Gasteiger partial charge in [0, 0.05) is 49.3 Å². The normalized spacial score (nSPS) is 22.1. The van der Waals surface area contributed by atoms with Gasteiger partial charge in [0.2, 0.25) is 5.91 Å². The summed E-state index contributed by atoms with van der Waals surface area (Å²) >= 11 is 3.46. The molecule has 0 radical (unpaired) electrons. The Morgan fingerprint density at radius 3 is 2.54 bits per heavy atom. The van der Waals surface area contributed by atoms with Crippen LogP contribution in [0.1, 0.15) is 30.4 Å². The molecule has 148 valence electrons. The van der Waals surface area contributed by atoms with Gasteiger partial charge in [-0.05, 0) is 48.2 Å². The van der Waals surface area contributed by atoms with Crippen molar-refractivity contribution in [1.82, 2.24) is 15.2 Å². The lowest BCUT2D eigenvalue weighted by molar-refractivity contribution is -0.122. The first-order valence-corrected chi connectivity index (χ1v) is 10.9. The predicted molar refractivity (Wildman–Crippen MR) is 115 cm³/mol. The fourth-order valence-electron chi connectivity index (χ4n) is 3.88. The van der Waals surface area contributed by atoms with E-state index in [4.69, 9.17) is 0 Å². The second kappa shape index (κ2) is 8.62. The van der Waals surface area contributed by atoms with Gasteiger partial charge in [-0.2, -0.15) is 0 Å². The van der Waals surface area contributed by atoms with Crippen LogP contribution >= 0.6 is 15.9 Å². The molecule has 2 atom stereocenters. The lowest BCUT2D eigenvalue weighted by atomic mass is 10.1. The summed E-state index contributed by atoms with van der Waals surface area (Å²) in [7, 11) is 0. The number of piperazine rings is 1. The number of amides is 1. The minimum atomic E-state index is 0.100. The molecule has 1 saturated carbocycles. The Labute approximate surface area is 175 Å². The van der Waals surface area contributed by atoms with E-state index in [1.807, 2.05) is 18.3 Å². The molecule has 1 aliphatic heterocycles. The summed E-state index contributed by atoms with van der Waals surface area (Å²) in [6, 6.07) is 12.4. The monoisotopic (exact) mass is 442 g/mol. The van der Waals surface area contributed by atoms with Crippen LogP contribution in [-0.2, 0) is 11.3 Å². The Hall–Kier alpha value is -1.92. The number of carbonyl (C=O) groups is 1. The third-order valence-electron chi connectivity index (χ3n) is 5.84. The zero-order valence-electron chi connectivity index (χ0n) is 16.3. The summed E-state index contributed by atoms with van der Waals surface area (Å²) in [5, 5.41) is 3.08. The molecule has 2 unspecified atom stereocenters. The standard InChI is InChI=1S/C22H27BrN4O/c1-2-26-9-11-27(12-10-26)21-8-3-16(14-24-21)15-25-22(28)20-13-19(20)17-4-6-18(23)7-5-17/h3-8,14,19-20H,2,9-13,15H2,1H3,(H,25,28). The Balaban J connectivity index is 1.25. The van der Waals surface area contributed by atoms with Crippen molar-refractivity contribution in [1.29, 1.82) is 0 Å². The van der Waals surface area contributed by atoms with Gasteiger partial charge in [-0.1, -0.05) is 41.1 Å². The van der Waals surface area contributed by atoms with E-state index < -0.39 is 0 Å². The van der Waals surface area contributed by atoms with Gasteiger partial charge in [0.15, 0.2) is 0 Å². The topological polar surface area (TPSA) is 48.5 Å².